The van der Waals surface area contributed by atoms with Crippen LogP contribution >= 0.6 is 0 Å². The highest BCUT2D eigenvalue weighted by Crippen LogP contribution is 1.95. The second-order valence-corrected chi connectivity index (χ2v) is 1.88. The van der Waals surface area contributed by atoms with Crippen molar-refractivity contribution >= 4 is 6.34 Å². The molecule has 0 aromatic rings. The van der Waals surface area contributed by atoms with E-state index in [4.69, 9.17) is 0 Å². The first-order valence-corrected chi connectivity index (χ1v) is 2.78. The third kappa shape index (κ3) is 1.09. The molecule has 44 valence electrons. The summed E-state index contributed by atoms with van der Waals surface area (Å²) in [6, 6.07) is 0.521. The summed E-state index contributed by atoms with van der Waals surface area (Å²) in [5.74, 6) is 0. The Hall–Kier alpha value is -0.790. The fourth-order valence-electron chi connectivity index (χ4n) is 0.735. The van der Waals surface area contributed by atoms with Crippen LogP contribution in [0.25, 0.3) is 0 Å². The van der Waals surface area contributed by atoms with Crippen LogP contribution in [0.1, 0.15) is 6.42 Å². The van der Waals surface area contributed by atoms with Gasteiger partial charge in [0.05, 0.1) is 12.9 Å². The van der Waals surface area contributed by atoms with E-state index >= 15 is 0 Å². The van der Waals surface area contributed by atoms with Gasteiger partial charge in [0, 0.05) is 6.04 Å². The molecule has 8 heavy (non-hydrogen) atoms. The van der Waals surface area contributed by atoms with Crippen molar-refractivity contribution in [2.45, 2.75) is 12.5 Å². The quantitative estimate of drug-likeness (QED) is 0.516. The van der Waals surface area contributed by atoms with Crippen LogP contribution in [-0.4, -0.2) is 18.9 Å². The average molecular weight is 110 g/mol. The molecule has 1 aliphatic rings. The summed E-state index contributed by atoms with van der Waals surface area (Å²) in [6.07, 6.45) is 4.68. The summed E-state index contributed by atoms with van der Waals surface area (Å²) < 4.78 is 0. The predicted molar refractivity (Wildman–Crippen MR) is 35.1 cm³/mol. The van der Waals surface area contributed by atoms with Gasteiger partial charge >= 0.3 is 0 Å². The van der Waals surface area contributed by atoms with Crippen LogP contribution in [0.5, 0.6) is 0 Å². The van der Waals surface area contributed by atoms with E-state index in [2.05, 4.69) is 16.9 Å². The van der Waals surface area contributed by atoms with E-state index in [1.54, 1.807) is 6.34 Å². The molecule has 1 aliphatic heterocycles. The number of hydrogen-bond donors (Lipinski definition) is 1. The van der Waals surface area contributed by atoms with Crippen molar-refractivity contribution in [3.05, 3.63) is 12.7 Å². The van der Waals surface area contributed by atoms with E-state index in [0.717, 1.165) is 13.0 Å². The van der Waals surface area contributed by atoms with Crippen LogP contribution in [-0.2, 0) is 0 Å². The Balaban J connectivity index is 2.19. The van der Waals surface area contributed by atoms with Crippen LogP contribution in [0, 0.1) is 0 Å². The number of rotatable bonds is 2. The van der Waals surface area contributed by atoms with Crippen LogP contribution in [0.3, 0.4) is 0 Å². The number of hydrogen-bond acceptors (Lipinski definition) is 2. The molecule has 1 N–H and O–H groups in total. The fourth-order valence-corrected chi connectivity index (χ4v) is 0.735. The van der Waals surface area contributed by atoms with Crippen molar-refractivity contribution in [2.75, 3.05) is 6.54 Å². The predicted octanol–water partition coefficient (Wildman–Crippen LogP) is 0.563. The molecule has 0 radical (unpaired) electrons. The summed E-state index contributed by atoms with van der Waals surface area (Å²) in [7, 11) is 0. The molecule has 1 rings (SSSR count). The second kappa shape index (κ2) is 2.50. The van der Waals surface area contributed by atoms with Crippen molar-refractivity contribution in [3.63, 3.8) is 0 Å². The fraction of sp³-hybridized carbons (Fsp3) is 0.500. The molecule has 0 spiro atoms. The van der Waals surface area contributed by atoms with E-state index in [0.29, 0.717) is 6.04 Å². The third-order valence-electron chi connectivity index (χ3n) is 1.18. The molecule has 0 saturated heterocycles. The van der Waals surface area contributed by atoms with E-state index in [1.165, 1.54) is 0 Å². The standard InChI is InChI=1S/C6H10N2/c1-2-3-6-4-7-5-8-6/h2,5-6H,1,3-4H2,(H,7,8). The van der Waals surface area contributed by atoms with E-state index in [1.807, 2.05) is 6.08 Å². The van der Waals surface area contributed by atoms with Gasteiger partial charge < -0.3 is 5.32 Å². The molecule has 0 saturated carbocycles. The number of nitrogens with zero attached hydrogens (tertiary/aromatic N) is 1. The smallest absolute Gasteiger partial charge is 0.0827 e. The van der Waals surface area contributed by atoms with Gasteiger partial charge in [-0.05, 0) is 6.42 Å². The average Bonchev–Trinajstić information content (AvgIpc) is 2.19. The Labute approximate surface area is 49.3 Å². The monoisotopic (exact) mass is 110 g/mol. The van der Waals surface area contributed by atoms with Gasteiger partial charge in [0.1, 0.15) is 0 Å². The van der Waals surface area contributed by atoms with Gasteiger partial charge in [-0.2, -0.15) is 0 Å². The first kappa shape index (κ1) is 5.35. The first-order valence-electron chi connectivity index (χ1n) is 2.78. The second-order valence-electron chi connectivity index (χ2n) is 1.88. The third-order valence-corrected chi connectivity index (χ3v) is 1.18. The zero-order valence-corrected chi connectivity index (χ0v) is 4.80. The summed E-state index contributed by atoms with van der Waals surface area (Å²) >= 11 is 0. The lowest BCUT2D eigenvalue weighted by atomic mass is 10.2. The molecule has 0 fully saturated rings. The van der Waals surface area contributed by atoms with Gasteiger partial charge in [-0.25, -0.2) is 0 Å². The molecular formula is C6H10N2. The lowest BCUT2D eigenvalue weighted by molar-refractivity contribution is 0.671. The van der Waals surface area contributed by atoms with Crippen LogP contribution in [0.2, 0.25) is 0 Å². The molecule has 0 bridgehead atoms. The molecular weight excluding hydrogens is 100 g/mol. The normalized spacial score (nSPS) is 25.2. The van der Waals surface area contributed by atoms with Crippen molar-refractivity contribution in [1.29, 1.82) is 0 Å². The summed E-state index contributed by atoms with van der Waals surface area (Å²) in [5, 5.41) is 3.09. The highest BCUT2D eigenvalue weighted by atomic mass is 15.0. The Morgan fingerprint density at radius 2 is 2.88 bits per heavy atom. The van der Waals surface area contributed by atoms with Crippen molar-refractivity contribution in [1.82, 2.24) is 5.32 Å². The van der Waals surface area contributed by atoms with Crippen LogP contribution < -0.4 is 5.32 Å². The van der Waals surface area contributed by atoms with Gasteiger partial charge in [-0.1, -0.05) is 6.08 Å². The minimum atomic E-state index is 0.521. The summed E-state index contributed by atoms with van der Waals surface area (Å²) in [6.45, 7) is 4.54. The van der Waals surface area contributed by atoms with Crippen molar-refractivity contribution in [2.24, 2.45) is 4.99 Å². The maximum atomic E-state index is 4.00. The largest absolute Gasteiger partial charge is 0.372 e. The highest BCUT2D eigenvalue weighted by Gasteiger charge is 2.05. The lowest BCUT2D eigenvalue weighted by Gasteiger charge is -2.02. The molecule has 2 nitrogen and oxygen atoms in total. The SMILES string of the molecule is C=CCC1CN=CN1. The van der Waals surface area contributed by atoms with Crippen molar-refractivity contribution < 1.29 is 0 Å². The van der Waals surface area contributed by atoms with Gasteiger partial charge in [-0.15, -0.1) is 6.58 Å². The molecule has 1 atom stereocenters. The molecule has 0 aromatic heterocycles. The lowest BCUT2D eigenvalue weighted by Crippen LogP contribution is -2.23. The minimum Gasteiger partial charge on any atom is -0.372 e. The van der Waals surface area contributed by atoms with Gasteiger partial charge in [0.2, 0.25) is 0 Å². The van der Waals surface area contributed by atoms with Crippen molar-refractivity contribution in [3.8, 4) is 0 Å². The van der Waals surface area contributed by atoms with E-state index in [9.17, 15) is 0 Å². The molecule has 0 amide bonds. The molecule has 1 heterocycles. The number of aliphatic imine (C=N–C) groups is 1. The Kier molecular flexibility index (Phi) is 1.67. The topological polar surface area (TPSA) is 24.4 Å². The maximum absolute atomic E-state index is 4.00. The minimum absolute atomic E-state index is 0.521. The number of nitrogens with one attached hydrogen (secondary N) is 1. The Bertz CT molecular complexity index is 99.1. The van der Waals surface area contributed by atoms with Gasteiger partial charge in [0.15, 0.2) is 0 Å². The van der Waals surface area contributed by atoms with Gasteiger partial charge in [0.25, 0.3) is 0 Å². The van der Waals surface area contributed by atoms with E-state index in [-0.39, 0.29) is 0 Å². The van der Waals surface area contributed by atoms with Crippen LogP contribution in [0.15, 0.2) is 17.6 Å². The summed E-state index contributed by atoms with van der Waals surface area (Å²) in [5.41, 5.74) is 0. The molecule has 1 unspecified atom stereocenters. The Morgan fingerprint density at radius 3 is 3.38 bits per heavy atom. The zero-order chi connectivity index (χ0) is 5.82. The highest BCUT2D eigenvalue weighted by molar-refractivity contribution is 5.57. The van der Waals surface area contributed by atoms with E-state index < -0.39 is 0 Å². The zero-order valence-electron chi connectivity index (χ0n) is 4.80. The van der Waals surface area contributed by atoms with Crippen LogP contribution in [0.4, 0.5) is 0 Å². The van der Waals surface area contributed by atoms with Gasteiger partial charge in [-0.3, -0.25) is 4.99 Å². The maximum Gasteiger partial charge on any atom is 0.0827 e. The molecule has 0 aliphatic carbocycles. The Morgan fingerprint density at radius 1 is 2.00 bits per heavy atom. The molecule has 0 aromatic carbocycles. The molecule has 2 heteroatoms. The first-order chi connectivity index (χ1) is 3.93. The summed E-state index contributed by atoms with van der Waals surface area (Å²) in [4.78, 5) is 4.00.